The molecule has 0 radical (unpaired) electrons. The summed E-state index contributed by atoms with van der Waals surface area (Å²) in [5.41, 5.74) is -14.1. The van der Waals surface area contributed by atoms with Crippen LogP contribution in [0, 0.1) is 43.8 Å². The average Bonchev–Trinajstić information content (AvgIpc) is 2.85. The fourth-order valence-electron chi connectivity index (χ4n) is 7.77. The molecule has 256 valence electrons. The molecule has 0 aromatic carbocycles. The summed E-state index contributed by atoms with van der Waals surface area (Å²) in [6.45, 7) is 9.72. The minimum Gasteiger partial charge on any atom is -0.481 e. The van der Waals surface area contributed by atoms with Gasteiger partial charge in [0.1, 0.15) is 0 Å². The molecule has 0 spiro atoms. The molecule has 1 saturated carbocycles. The van der Waals surface area contributed by atoms with E-state index in [1.807, 2.05) is 0 Å². The average molecular weight is 645 g/mol. The van der Waals surface area contributed by atoms with Gasteiger partial charge in [-0.25, -0.2) is 0 Å². The van der Waals surface area contributed by atoms with Crippen LogP contribution in [-0.4, -0.2) is 77.5 Å². The second kappa shape index (κ2) is 12.6. The summed E-state index contributed by atoms with van der Waals surface area (Å²) in [5, 5.41) is 72.3. The predicted molar refractivity (Wildman–Crippen MR) is 156 cm³/mol. The Labute approximate surface area is 261 Å². The molecule has 1 aliphatic carbocycles. The lowest BCUT2D eigenvalue weighted by Gasteiger charge is -2.46. The highest BCUT2D eigenvalue weighted by Crippen LogP contribution is 2.55. The van der Waals surface area contributed by atoms with Gasteiger partial charge >= 0.3 is 41.8 Å². The van der Waals surface area contributed by atoms with Crippen LogP contribution >= 0.6 is 0 Å². The van der Waals surface area contributed by atoms with E-state index >= 15 is 0 Å². The lowest BCUT2D eigenvalue weighted by Crippen LogP contribution is -2.50. The summed E-state index contributed by atoms with van der Waals surface area (Å²) in [6, 6.07) is 0. The van der Waals surface area contributed by atoms with Crippen molar-refractivity contribution >= 4 is 41.8 Å². The smallest absolute Gasteiger partial charge is 0.309 e. The third-order valence-electron chi connectivity index (χ3n) is 10.5. The molecule has 0 heterocycles. The van der Waals surface area contributed by atoms with E-state index in [4.69, 9.17) is 0 Å². The van der Waals surface area contributed by atoms with Gasteiger partial charge in [0.05, 0.1) is 37.9 Å². The Hall–Kier alpha value is -3.71. The highest BCUT2D eigenvalue weighted by Gasteiger charge is 2.58. The molecule has 0 bridgehead atoms. The van der Waals surface area contributed by atoms with E-state index in [1.165, 1.54) is 34.6 Å². The Morgan fingerprint density at radius 1 is 0.400 bits per heavy atom. The highest BCUT2D eigenvalue weighted by molar-refractivity contribution is 5.84. The zero-order valence-electron chi connectivity index (χ0n) is 27.2. The van der Waals surface area contributed by atoms with Crippen LogP contribution in [0.1, 0.15) is 107 Å². The lowest BCUT2D eigenvalue weighted by molar-refractivity contribution is -0.169. The predicted octanol–water partition coefficient (Wildman–Crippen LogP) is 4.39. The second-order valence-electron chi connectivity index (χ2n) is 15.4. The molecule has 0 aromatic heterocycles. The van der Waals surface area contributed by atoms with Gasteiger partial charge in [0.15, 0.2) is 0 Å². The first-order valence-corrected chi connectivity index (χ1v) is 14.6. The van der Waals surface area contributed by atoms with Crippen molar-refractivity contribution in [2.24, 2.45) is 43.8 Å². The van der Waals surface area contributed by atoms with Gasteiger partial charge in [-0.15, -0.1) is 0 Å². The van der Waals surface area contributed by atoms with Crippen molar-refractivity contribution in [3.05, 3.63) is 0 Å². The third-order valence-corrected chi connectivity index (χ3v) is 10.5. The first-order chi connectivity index (χ1) is 20.0. The van der Waals surface area contributed by atoms with E-state index in [1.54, 1.807) is 0 Å². The van der Waals surface area contributed by atoms with Crippen LogP contribution in [0.3, 0.4) is 0 Å². The summed E-state index contributed by atoms with van der Waals surface area (Å²) < 4.78 is 0. The molecule has 0 aliphatic heterocycles. The first kappa shape index (κ1) is 39.3. The van der Waals surface area contributed by atoms with Crippen molar-refractivity contribution in [3.63, 3.8) is 0 Å². The molecule has 7 N–H and O–H groups in total. The van der Waals surface area contributed by atoms with E-state index in [9.17, 15) is 69.3 Å². The Morgan fingerprint density at radius 2 is 0.622 bits per heavy atom. The fraction of sp³-hybridized carbons (Fsp3) is 0.774. The van der Waals surface area contributed by atoms with Crippen molar-refractivity contribution in [2.75, 3.05) is 0 Å². The Morgan fingerprint density at radius 3 is 0.844 bits per heavy atom. The Bertz CT molecular complexity index is 1260. The van der Waals surface area contributed by atoms with Crippen molar-refractivity contribution < 1.29 is 69.3 Å². The van der Waals surface area contributed by atoms with Crippen molar-refractivity contribution in [3.8, 4) is 0 Å². The number of carboxylic acid groups (broad SMARTS) is 7. The number of hydrogen-bond acceptors (Lipinski definition) is 7. The topological polar surface area (TPSA) is 261 Å². The van der Waals surface area contributed by atoms with Crippen LogP contribution in [0.4, 0.5) is 0 Å². The monoisotopic (exact) mass is 644 g/mol. The molecule has 1 fully saturated rings. The van der Waals surface area contributed by atoms with Gasteiger partial charge in [0, 0.05) is 0 Å². The molecule has 0 amide bonds. The van der Waals surface area contributed by atoms with E-state index in [0.717, 1.165) is 20.8 Å². The maximum Gasteiger partial charge on any atom is 0.309 e. The van der Waals surface area contributed by atoms with Crippen LogP contribution < -0.4 is 0 Å². The van der Waals surface area contributed by atoms with E-state index in [0.29, 0.717) is 0 Å². The van der Waals surface area contributed by atoms with Crippen LogP contribution in [0.5, 0.6) is 0 Å². The molecule has 1 rings (SSSR count). The quantitative estimate of drug-likeness (QED) is 0.203. The minimum atomic E-state index is -2.17. The summed E-state index contributed by atoms with van der Waals surface area (Å²) in [5.74, 6) is -11.6. The molecule has 14 nitrogen and oxygen atoms in total. The zero-order valence-corrected chi connectivity index (χ0v) is 27.2. The minimum absolute atomic E-state index is 0.111. The normalized spacial score (nSPS) is 40.5. The highest BCUT2D eigenvalue weighted by atomic mass is 16.4. The van der Waals surface area contributed by atoms with Crippen LogP contribution in [0.15, 0.2) is 0 Å². The summed E-state index contributed by atoms with van der Waals surface area (Å²) >= 11 is 0. The van der Waals surface area contributed by atoms with Gasteiger partial charge in [0.2, 0.25) is 0 Å². The number of rotatable bonds is 7. The van der Waals surface area contributed by atoms with Gasteiger partial charge in [-0.2, -0.15) is 0 Å². The first-order valence-electron chi connectivity index (χ1n) is 14.6. The molecule has 8 unspecified atom stereocenters. The summed E-state index contributed by atoms with van der Waals surface area (Å²) in [7, 11) is 0. The molecular formula is C31H48O14. The molecule has 45 heavy (non-hydrogen) atoms. The molecule has 0 saturated heterocycles. The zero-order chi connectivity index (χ0) is 35.8. The number of hydrogen-bond donors (Lipinski definition) is 7. The Kier molecular flexibility index (Phi) is 11.0. The fourth-order valence-corrected chi connectivity index (χ4v) is 7.77. The van der Waals surface area contributed by atoms with Gasteiger partial charge in [-0.1, -0.05) is 6.92 Å². The Balaban J connectivity index is 4.22. The molecule has 8 atom stereocenters. The van der Waals surface area contributed by atoms with Crippen LogP contribution in [0.25, 0.3) is 0 Å². The van der Waals surface area contributed by atoms with E-state index in [-0.39, 0.29) is 12.8 Å². The molecule has 14 heteroatoms. The van der Waals surface area contributed by atoms with Crippen LogP contribution in [0.2, 0.25) is 0 Å². The van der Waals surface area contributed by atoms with E-state index < -0.39 is 124 Å². The molecule has 0 aromatic rings. The van der Waals surface area contributed by atoms with Crippen molar-refractivity contribution in [1.29, 1.82) is 0 Å². The van der Waals surface area contributed by atoms with Crippen LogP contribution in [-0.2, 0) is 33.6 Å². The standard InChI is InChI=1S/C31H48O14/c1-17-9-10-25(2,18(32)33)11-26(3,19(34)35)12-27(4,20(36)37)13-28(5,21(38)39)14-29(6,22(40)41)15-30(7,23(42)43)16-31(17,8)24(44)45/h17H,9-16H2,1-8H3,(H,32,33)(H,34,35)(H,36,37)(H,38,39)(H,40,41)(H,42,43)(H,44,45). The number of aliphatic carboxylic acids is 7. The van der Waals surface area contributed by atoms with Gasteiger partial charge in [-0.05, 0) is 106 Å². The van der Waals surface area contributed by atoms with Gasteiger partial charge in [0.25, 0.3) is 0 Å². The second-order valence-corrected chi connectivity index (χ2v) is 15.4. The molecular weight excluding hydrogens is 596 g/mol. The van der Waals surface area contributed by atoms with Gasteiger partial charge < -0.3 is 35.7 Å². The summed E-state index contributed by atoms with van der Waals surface area (Å²) in [6.07, 6.45) is -4.61. The molecule has 1 aliphatic rings. The maximum atomic E-state index is 12.8. The third kappa shape index (κ3) is 7.93. The number of carboxylic acids is 7. The largest absolute Gasteiger partial charge is 0.481 e. The number of carbonyl (C=O) groups is 7. The SMILES string of the molecule is CC1CCC(C)(C(=O)O)CC(C)(C(=O)O)CC(C)(C(=O)O)CC(C)(C(=O)O)CC(C)(C(=O)O)CC(C)(C(=O)O)CC1(C)C(=O)O. The van der Waals surface area contributed by atoms with E-state index in [2.05, 4.69) is 0 Å². The van der Waals surface area contributed by atoms with Gasteiger partial charge in [-0.3, -0.25) is 33.6 Å². The van der Waals surface area contributed by atoms with Crippen molar-refractivity contribution in [1.82, 2.24) is 0 Å². The lowest BCUT2D eigenvalue weighted by atomic mass is 9.55. The maximum absolute atomic E-state index is 12.8. The van der Waals surface area contributed by atoms with Crippen molar-refractivity contribution in [2.45, 2.75) is 107 Å². The summed E-state index contributed by atoms with van der Waals surface area (Å²) in [4.78, 5) is 89.1.